The number of para-hydroxylation sites is 2. The number of carbonyl (C=O) groups excluding carboxylic acids is 1. The molecule has 2 N–H and O–H groups in total. The summed E-state index contributed by atoms with van der Waals surface area (Å²) in [4.78, 5) is 30.4. The smallest absolute Gasteiger partial charge is 0.263 e. The van der Waals surface area contributed by atoms with Crippen LogP contribution < -0.4 is 10.9 Å². The van der Waals surface area contributed by atoms with Gasteiger partial charge in [0, 0.05) is 25.4 Å². The molecule has 1 aromatic carbocycles. The molecule has 1 aliphatic heterocycles. The fourth-order valence-electron chi connectivity index (χ4n) is 4.29. The number of nitrogens with zero attached hydrogens (tertiary/aromatic N) is 3. The van der Waals surface area contributed by atoms with Crippen LogP contribution in [0, 0.1) is 13.8 Å². The van der Waals surface area contributed by atoms with Gasteiger partial charge in [0.2, 0.25) is 0 Å². The van der Waals surface area contributed by atoms with Crippen molar-refractivity contribution in [1.82, 2.24) is 19.4 Å². The van der Waals surface area contributed by atoms with Crippen LogP contribution in [0.5, 0.6) is 0 Å². The van der Waals surface area contributed by atoms with Crippen LogP contribution in [0.25, 0.3) is 11.0 Å². The Bertz CT molecular complexity index is 1160. The number of hydrogen-bond acceptors (Lipinski definition) is 5. The summed E-state index contributed by atoms with van der Waals surface area (Å²) in [7, 11) is 0. The number of aliphatic hydroxyl groups is 1. The number of aromatic nitrogens is 3. The summed E-state index contributed by atoms with van der Waals surface area (Å²) in [6.45, 7) is 5.41. The fourth-order valence-corrected chi connectivity index (χ4v) is 4.29. The summed E-state index contributed by atoms with van der Waals surface area (Å²) in [6, 6.07) is 9.49. The molecule has 0 bridgehead atoms. The zero-order chi connectivity index (χ0) is 22.0. The van der Waals surface area contributed by atoms with Gasteiger partial charge >= 0.3 is 0 Å². The monoisotopic (exact) mass is 424 g/mol. The molecule has 3 heterocycles. The SMILES string of the molecule is Cc1cc(C)n(C[C@@H]2CCCO2)c(=O)c1C(=O)NCCn1c(CO)nc2ccccc21. The second-order valence-electron chi connectivity index (χ2n) is 7.98. The summed E-state index contributed by atoms with van der Waals surface area (Å²) in [5, 5.41) is 12.5. The Kier molecular flexibility index (Phi) is 6.20. The van der Waals surface area contributed by atoms with Gasteiger partial charge in [0.25, 0.3) is 11.5 Å². The molecule has 1 aliphatic rings. The van der Waals surface area contributed by atoms with Gasteiger partial charge in [-0.3, -0.25) is 9.59 Å². The van der Waals surface area contributed by atoms with Crippen molar-refractivity contribution in [3.8, 4) is 0 Å². The number of benzene rings is 1. The first-order chi connectivity index (χ1) is 15.0. The van der Waals surface area contributed by atoms with Crippen LogP contribution in [0.1, 0.15) is 40.3 Å². The van der Waals surface area contributed by atoms with E-state index in [4.69, 9.17) is 4.74 Å². The van der Waals surface area contributed by atoms with E-state index in [1.54, 1.807) is 11.5 Å². The average Bonchev–Trinajstić information content (AvgIpc) is 3.38. The Morgan fingerprint density at radius 1 is 1.29 bits per heavy atom. The molecule has 0 unspecified atom stereocenters. The van der Waals surface area contributed by atoms with Gasteiger partial charge in [0.1, 0.15) is 18.0 Å². The third-order valence-electron chi connectivity index (χ3n) is 5.84. The minimum atomic E-state index is -0.390. The number of carbonyl (C=O) groups is 1. The van der Waals surface area contributed by atoms with E-state index in [2.05, 4.69) is 10.3 Å². The molecule has 1 fully saturated rings. The number of fused-ring (bicyclic) bond motifs is 1. The minimum Gasteiger partial charge on any atom is -0.388 e. The van der Waals surface area contributed by atoms with Crippen molar-refractivity contribution in [2.45, 2.75) is 52.5 Å². The maximum Gasteiger partial charge on any atom is 0.263 e. The molecule has 1 saturated heterocycles. The normalized spacial score (nSPS) is 16.2. The van der Waals surface area contributed by atoms with Gasteiger partial charge in [-0.2, -0.15) is 0 Å². The zero-order valence-corrected chi connectivity index (χ0v) is 17.9. The first kappa shape index (κ1) is 21.3. The summed E-state index contributed by atoms with van der Waals surface area (Å²) < 4.78 is 9.20. The van der Waals surface area contributed by atoms with E-state index in [-0.39, 0.29) is 23.8 Å². The third kappa shape index (κ3) is 4.26. The highest BCUT2D eigenvalue weighted by atomic mass is 16.5. The quantitative estimate of drug-likeness (QED) is 0.604. The highest BCUT2D eigenvalue weighted by Crippen LogP contribution is 2.17. The van der Waals surface area contributed by atoms with Gasteiger partial charge in [-0.15, -0.1) is 0 Å². The van der Waals surface area contributed by atoms with E-state index in [1.165, 1.54) is 0 Å². The van der Waals surface area contributed by atoms with E-state index in [0.717, 1.165) is 36.2 Å². The van der Waals surface area contributed by atoms with Crippen molar-refractivity contribution in [3.05, 3.63) is 63.3 Å². The standard InChI is InChI=1S/C23H28N4O4/c1-15-12-16(2)27(13-17-6-5-11-31-17)23(30)21(15)22(29)24-9-10-26-19-8-4-3-7-18(19)25-20(26)14-28/h3-4,7-8,12,17,28H,5-6,9-11,13-14H2,1-2H3,(H,24,29)/t17-/m0/s1. The van der Waals surface area contributed by atoms with Gasteiger partial charge in [0.15, 0.2) is 0 Å². The van der Waals surface area contributed by atoms with E-state index >= 15 is 0 Å². The van der Waals surface area contributed by atoms with E-state index in [1.807, 2.05) is 41.8 Å². The molecule has 3 aromatic rings. The number of rotatable bonds is 7. The lowest BCUT2D eigenvalue weighted by Crippen LogP contribution is -2.37. The molecular weight excluding hydrogens is 396 g/mol. The van der Waals surface area contributed by atoms with Crippen molar-refractivity contribution >= 4 is 16.9 Å². The Morgan fingerprint density at radius 2 is 2.10 bits per heavy atom. The van der Waals surface area contributed by atoms with Crippen LogP contribution in [0.15, 0.2) is 35.1 Å². The number of amides is 1. The number of hydrogen-bond donors (Lipinski definition) is 2. The number of aliphatic hydroxyl groups excluding tert-OH is 1. The van der Waals surface area contributed by atoms with Gasteiger partial charge in [0.05, 0.1) is 23.7 Å². The number of pyridine rings is 1. The summed E-state index contributed by atoms with van der Waals surface area (Å²) in [5.74, 6) is 0.152. The van der Waals surface area contributed by atoms with Gasteiger partial charge in [-0.25, -0.2) is 4.98 Å². The van der Waals surface area contributed by atoms with Crippen molar-refractivity contribution < 1.29 is 14.6 Å². The van der Waals surface area contributed by atoms with Crippen LogP contribution in [-0.4, -0.2) is 44.4 Å². The molecule has 0 aliphatic carbocycles. The highest BCUT2D eigenvalue weighted by molar-refractivity contribution is 5.95. The van der Waals surface area contributed by atoms with Crippen LogP contribution in [0.2, 0.25) is 0 Å². The Hall–Kier alpha value is -2.97. The van der Waals surface area contributed by atoms with Crippen LogP contribution in [-0.2, 0) is 24.4 Å². The molecule has 8 nitrogen and oxygen atoms in total. The molecule has 4 rings (SSSR count). The first-order valence-corrected chi connectivity index (χ1v) is 10.7. The van der Waals surface area contributed by atoms with Gasteiger partial charge in [-0.05, 0) is 50.5 Å². The molecule has 1 atom stereocenters. The molecule has 2 aromatic heterocycles. The minimum absolute atomic E-state index is 0.0152. The Labute approximate surface area is 180 Å². The topological polar surface area (TPSA) is 98.4 Å². The second-order valence-corrected chi connectivity index (χ2v) is 7.98. The lowest BCUT2D eigenvalue weighted by atomic mass is 10.1. The summed E-state index contributed by atoms with van der Waals surface area (Å²) in [6.07, 6.45) is 1.94. The van der Waals surface area contributed by atoms with Crippen molar-refractivity contribution in [2.24, 2.45) is 0 Å². The number of imidazole rings is 1. The summed E-state index contributed by atoms with van der Waals surface area (Å²) >= 11 is 0. The molecule has 1 amide bonds. The lowest BCUT2D eigenvalue weighted by Gasteiger charge is -2.17. The van der Waals surface area contributed by atoms with Crippen LogP contribution in [0.3, 0.4) is 0 Å². The van der Waals surface area contributed by atoms with Crippen LogP contribution in [0.4, 0.5) is 0 Å². The van der Waals surface area contributed by atoms with Gasteiger partial charge < -0.3 is 24.3 Å². The number of ether oxygens (including phenoxy) is 1. The first-order valence-electron chi connectivity index (χ1n) is 10.7. The van der Waals surface area contributed by atoms with Crippen molar-refractivity contribution in [2.75, 3.05) is 13.2 Å². The molecule has 8 heteroatoms. The maximum absolute atomic E-state index is 13.1. The maximum atomic E-state index is 13.1. The largest absolute Gasteiger partial charge is 0.388 e. The lowest BCUT2D eigenvalue weighted by molar-refractivity contribution is 0.0926. The predicted molar refractivity (Wildman–Crippen MR) is 117 cm³/mol. The molecule has 0 radical (unpaired) electrons. The predicted octanol–water partition coefficient (Wildman–Crippen LogP) is 1.92. The zero-order valence-electron chi connectivity index (χ0n) is 17.9. The van der Waals surface area contributed by atoms with E-state index in [9.17, 15) is 14.7 Å². The number of aryl methyl sites for hydroxylation is 2. The Morgan fingerprint density at radius 3 is 2.84 bits per heavy atom. The van der Waals surface area contributed by atoms with E-state index in [0.29, 0.717) is 31.0 Å². The molecule has 0 spiro atoms. The number of nitrogens with one attached hydrogen (secondary N) is 1. The fraction of sp³-hybridized carbons (Fsp3) is 0.435. The highest BCUT2D eigenvalue weighted by Gasteiger charge is 2.22. The van der Waals surface area contributed by atoms with Crippen molar-refractivity contribution in [3.63, 3.8) is 0 Å². The Balaban J connectivity index is 1.51. The summed E-state index contributed by atoms with van der Waals surface area (Å²) in [5.41, 5.74) is 3.06. The molecule has 31 heavy (non-hydrogen) atoms. The van der Waals surface area contributed by atoms with Gasteiger partial charge in [-0.1, -0.05) is 12.1 Å². The van der Waals surface area contributed by atoms with E-state index < -0.39 is 5.91 Å². The third-order valence-corrected chi connectivity index (χ3v) is 5.84. The van der Waals surface area contributed by atoms with Crippen molar-refractivity contribution in [1.29, 1.82) is 0 Å². The average molecular weight is 425 g/mol. The second kappa shape index (κ2) is 9.03. The van der Waals surface area contributed by atoms with Crippen LogP contribution >= 0.6 is 0 Å². The molecule has 0 saturated carbocycles. The molecule has 164 valence electrons. The molecular formula is C23H28N4O4.